The molecule has 1 aromatic carbocycles. The standard InChI is InChI=1S/C16H20N2O2S/c1-5-17-16-18(6-2)15(20)13(21-16)9-12-7-10(3)14(19)11(4)8-12/h7-9,19H,5-6H2,1-4H3/b13-9-,17-16?. The first-order valence-corrected chi connectivity index (χ1v) is 7.85. The summed E-state index contributed by atoms with van der Waals surface area (Å²) < 4.78 is 0. The SMILES string of the molecule is CCN=C1S/C(=C\c2cc(C)c(O)c(C)c2)C(=O)N1CC. The van der Waals surface area contributed by atoms with Gasteiger partial charge in [-0.25, -0.2) is 0 Å². The average Bonchev–Trinajstić information content (AvgIpc) is 2.72. The minimum Gasteiger partial charge on any atom is -0.507 e. The van der Waals surface area contributed by atoms with E-state index in [1.165, 1.54) is 11.8 Å². The lowest BCUT2D eigenvalue weighted by Crippen LogP contribution is -2.28. The largest absolute Gasteiger partial charge is 0.507 e. The Morgan fingerprint density at radius 1 is 1.29 bits per heavy atom. The zero-order valence-corrected chi connectivity index (χ0v) is 13.6. The normalized spacial score (nSPS) is 19.0. The molecule has 1 aromatic rings. The number of amides is 1. The zero-order valence-electron chi connectivity index (χ0n) is 12.8. The number of amidine groups is 1. The molecule has 0 bridgehead atoms. The van der Waals surface area contributed by atoms with Gasteiger partial charge >= 0.3 is 0 Å². The number of rotatable bonds is 3. The summed E-state index contributed by atoms with van der Waals surface area (Å²) in [6.07, 6.45) is 1.87. The van der Waals surface area contributed by atoms with E-state index in [1.807, 2.05) is 45.9 Å². The van der Waals surface area contributed by atoms with Crippen molar-refractivity contribution >= 4 is 28.9 Å². The molecule has 4 nitrogen and oxygen atoms in total. The molecule has 0 saturated carbocycles. The smallest absolute Gasteiger partial charge is 0.266 e. The zero-order chi connectivity index (χ0) is 15.6. The first-order chi connectivity index (χ1) is 9.97. The summed E-state index contributed by atoms with van der Waals surface area (Å²) >= 11 is 1.41. The second kappa shape index (κ2) is 6.35. The van der Waals surface area contributed by atoms with Gasteiger partial charge in [0.1, 0.15) is 5.75 Å². The molecule has 0 aliphatic carbocycles. The molecule has 112 valence electrons. The Hall–Kier alpha value is -1.75. The lowest BCUT2D eigenvalue weighted by molar-refractivity contribution is -0.122. The molecule has 0 radical (unpaired) electrons. The van der Waals surface area contributed by atoms with Crippen LogP contribution in [0.2, 0.25) is 0 Å². The second-order valence-corrected chi connectivity index (χ2v) is 5.93. The lowest BCUT2D eigenvalue weighted by Gasteiger charge is -2.11. The maximum absolute atomic E-state index is 12.4. The van der Waals surface area contributed by atoms with Gasteiger partial charge in [-0.1, -0.05) is 0 Å². The molecule has 0 aromatic heterocycles. The van der Waals surface area contributed by atoms with E-state index in [2.05, 4.69) is 4.99 Å². The molecule has 2 rings (SSSR count). The van der Waals surface area contributed by atoms with E-state index in [4.69, 9.17) is 0 Å². The summed E-state index contributed by atoms with van der Waals surface area (Å²) in [6.45, 7) is 8.90. The van der Waals surface area contributed by atoms with Crippen molar-refractivity contribution in [1.82, 2.24) is 4.90 Å². The Kier molecular flexibility index (Phi) is 4.73. The molecule has 1 aliphatic rings. The number of hydrogen-bond acceptors (Lipinski definition) is 4. The highest BCUT2D eigenvalue weighted by Crippen LogP contribution is 2.33. The minimum absolute atomic E-state index is 0.00178. The van der Waals surface area contributed by atoms with Crippen LogP contribution < -0.4 is 0 Å². The van der Waals surface area contributed by atoms with Crippen molar-refractivity contribution in [3.05, 3.63) is 33.7 Å². The molecule has 0 unspecified atom stereocenters. The van der Waals surface area contributed by atoms with Gasteiger partial charge in [-0.2, -0.15) is 0 Å². The minimum atomic E-state index is -0.00178. The Bertz CT molecular complexity index is 612. The fraction of sp³-hybridized carbons (Fsp3) is 0.375. The number of aryl methyl sites for hydroxylation is 2. The van der Waals surface area contributed by atoms with Crippen molar-refractivity contribution in [3.63, 3.8) is 0 Å². The highest BCUT2D eigenvalue weighted by atomic mass is 32.2. The van der Waals surface area contributed by atoms with E-state index in [1.54, 1.807) is 4.90 Å². The molecular formula is C16H20N2O2S. The van der Waals surface area contributed by atoms with Gasteiger partial charge in [0.05, 0.1) is 4.91 Å². The summed E-state index contributed by atoms with van der Waals surface area (Å²) in [5.74, 6) is 0.309. The Balaban J connectivity index is 2.38. The third kappa shape index (κ3) is 3.13. The van der Waals surface area contributed by atoms with Crippen LogP contribution in [0.25, 0.3) is 6.08 Å². The first kappa shape index (κ1) is 15.6. The number of phenolic OH excluding ortho intramolecular Hbond substituents is 1. The molecule has 0 spiro atoms. The van der Waals surface area contributed by atoms with Crippen molar-refractivity contribution < 1.29 is 9.90 Å². The van der Waals surface area contributed by atoms with Crippen LogP contribution in [0.5, 0.6) is 5.75 Å². The van der Waals surface area contributed by atoms with E-state index in [0.717, 1.165) is 21.9 Å². The molecular weight excluding hydrogens is 284 g/mol. The maximum Gasteiger partial charge on any atom is 0.266 e. The van der Waals surface area contributed by atoms with Crippen molar-refractivity contribution in [2.75, 3.05) is 13.1 Å². The summed E-state index contributed by atoms with van der Waals surface area (Å²) in [7, 11) is 0. The van der Waals surface area contributed by atoms with Gasteiger partial charge in [-0.3, -0.25) is 14.7 Å². The van der Waals surface area contributed by atoms with Gasteiger partial charge < -0.3 is 5.11 Å². The first-order valence-electron chi connectivity index (χ1n) is 7.04. The molecule has 1 fully saturated rings. The number of carbonyl (C=O) groups is 1. The number of aromatic hydroxyl groups is 1. The van der Waals surface area contributed by atoms with E-state index < -0.39 is 0 Å². The monoisotopic (exact) mass is 304 g/mol. The van der Waals surface area contributed by atoms with Crippen molar-refractivity contribution in [3.8, 4) is 5.75 Å². The number of carbonyl (C=O) groups excluding carboxylic acids is 1. The van der Waals surface area contributed by atoms with E-state index in [0.29, 0.717) is 23.7 Å². The van der Waals surface area contributed by atoms with Crippen LogP contribution in [-0.4, -0.2) is 34.2 Å². The van der Waals surface area contributed by atoms with Crippen molar-refractivity contribution in [2.45, 2.75) is 27.7 Å². The summed E-state index contributed by atoms with van der Waals surface area (Å²) in [6, 6.07) is 3.77. The topological polar surface area (TPSA) is 52.9 Å². The van der Waals surface area contributed by atoms with Crippen LogP contribution in [0, 0.1) is 13.8 Å². The van der Waals surface area contributed by atoms with Gasteiger partial charge in [0.2, 0.25) is 0 Å². The maximum atomic E-state index is 12.4. The van der Waals surface area contributed by atoms with E-state index >= 15 is 0 Å². The van der Waals surface area contributed by atoms with Gasteiger partial charge in [-0.15, -0.1) is 0 Å². The van der Waals surface area contributed by atoms with Crippen LogP contribution in [0.4, 0.5) is 0 Å². The third-order valence-electron chi connectivity index (χ3n) is 3.31. The number of thioether (sulfide) groups is 1. The van der Waals surface area contributed by atoms with Crippen LogP contribution >= 0.6 is 11.8 Å². The van der Waals surface area contributed by atoms with Gasteiger partial charge in [0, 0.05) is 13.1 Å². The van der Waals surface area contributed by atoms with E-state index in [9.17, 15) is 9.90 Å². The predicted molar refractivity (Wildman–Crippen MR) is 88.5 cm³/mol. The Morgan fingerprint density at radius 3 is 2.43 bits per heavy atom. The molecule has 1 amide bonds. The number of nitrogens with zero attached hydrogens (tertiary/aromatic N) is 2. The van der Waals surface area contributed by atoms with Crippen molar-refractivity contribution in [2.24, 2.45) is 4.99 Å². The lowest BCUT2D eigenvalue weighted by atomic mass is 10.1. The van der Waals surface area contributed by atoms with Gasteiger partial charge in [0.15, 0.2) is 5.17 Å². The fourth-order valence-electron chi connectivity index (χ4n) is 2.26. The van der Waals surface area contributed by atoms with Gasteiger partial charge in [0.25, 0.3) is 5.91 Å². The molecule has 1 saturated heterocycles. The molecule has 5 heteroatoms. The number of aliphatic imine (C=N–C) groups is 1. The van der Waals surface area contributed by atoms with Crippen LogP contribution in [0.15, 0.2) is 22.0 Å². The molecule has 1 heterocycles. The highest BCUT2D eigenvalue weighted by Gasteiger charge is 2.31. The van der Waals surface area contributed by atoms with Crippen molar-refractivity contribution in [1.29, 1.82) is 0 Å². The highest BCUT2D eigenvalue weighted by molar-refractivity contribution is 8.18. The summed E-state index contributed by atoms with van der Waals surface area (Å²) in [5, 5.41) is 10.6. The summed E-state index contributed by atoms with van der Waals surface area (Å²) in [4.78, 5) is 19.1. The number of likely N-dealkylation sites (N-methyl/N-ethyl adjacent to an activating group) is 1. The molecule has 0 atom stereocenters. The second-order valence-electron chi connectivity index (χ2n) is 4.92. The third-order valence-corrected chi connectivity index (χ3v) is 4.35. The van der Waals surface area contributed by atoms with Crippen LogP contribution in [0.1, 0.15) is 30.5 Å². The van der Waals surface area contributed by atoms with Crippen LogP contribution in [-0.2, 0) is 4.79 Å². The Morgan fingerprint density at radius 2 is 1.90 bits per heavy atom. The Labute approximate surface area is 129 Å². The molecule has 21 heavy (non-hydrogen) atoms. The number of phenols is 1. The van der Waals surface area contributed by atoms with E-state index in [-0.39, 0.29) is 5.91 Å². The van der Waals surface area contributed by atoms with Crippen LogP contribution in [0.3, 0.4) is 0 Å². The number of hydrogen-bond donors (Lipinski definition) is 1. The quantitative estimate of drug-likeness (QED) is 0.872. The average molecular weight is 304 g/mol. The molecule has 1 N–H and O–H groups in total. The molecule has 1 aliphatic heterocycles. The van der Waals surface area contributed by atoms with Gasteiger partial charge in [-0.05, 0) is 74.4 Å². The predicted octanol–water partition coefficient (Wildman–Crippen LogP) is 3.32. The fourth-order valence-corrected chi connectivity index (χ4v) is 3.37. The summed E-state index contributed by atoms with van der Waals surface area (Å²) in [5.41, 5.74) is 2.55. The number of benzene rings is 1.